The molecule has 3 rings (SSSR count). The van der Waals surface area contributed by atoms with E-state index in [2.05, 4.69) is 0 Å². The van der Waals surface area contributed by atoms with Crippen LogP contribution in [0.15, 0.2) is 48.5 Å². The van der Waals surface area contributed by atoms with Crippen LogP contribution < -0.4 is 9.64 Å². The van der Waals surface area contributed by atoms with Crippen molar-refractivity contribution in [2.24, 2.45) is 0 Å². The van der Waals surface area contributed by atoms with Gasteiger partial charge in [-0.2, -0.15) is 0 Å². The van der Waals surface area contributed by atoms with E-state index in [0.29, 0.717) is 18.7 Å². The first-order chi connectivity index (χ1) is 14.1. The Kier molecular flexibility index (Phi) is 6.65. The highest BCUT2D eigenvalue weighted by Crippen LogP contribution is 2.23. The molecule has 30 heavy (non-hydrogen) atoms. The fourth-order valence-corrected chi connectivity index (χ4v) is 5.24. The maximum Gasteiger partial charge on any atom is 0.263 e. The normalized spacial score (nSPS) is 18.6. The lowest BCUT2D eigenvalue weighted by Gasteiger charge is -2.31. The average Bonchev–Trinajstić information content (AvgIpc) is 3.07. The quantitative estimate of drug-likeness (QED) is 0.670. The van der Waals surface area contributed by atoms with Gasteiger partial charge in [-0.1, -0.05) is 12.1 Å². The number of sulfone groups is 1. The van der Waals surface area contributed by atoms with Crippen LogP contribution in [0.5, 0.6) is 5.75 Å². The molecule has 0 saturated carbocycles. The van der Waals surface area contributed by atoms with E-state index < -0.39 is 22.0 Å². The van der Waals surface area contributed by atoms with Crippen LogP contribution in [0.1, 0.15) is 18.9 Å². The molecule has 0 unspecified atom stereocenters. The van der Waals surface area contributed by atoms with Gasteiger partial charge in [0, 0.05) is 32.4 Å². The Labute approximate surface area is 177 Å². The summed E-state index contributed by atoms with van der Waals surface area (Å²) >= 11 is 0. The minimum absolute atomic E-state index is 0.0439. The molecule has 1 amide bonds. The molecule has 1 heterocycles. The molecule has 1 aliphatic rings. The number of hydrogen-bond acceptors (Lipinski definition) is 5. The minimum atomic E-state index is -3.16. The third kappa shape index (κ3) is 5.50. The SMILES string of the molecule is C[C@H](Oc1ccc(F)cc1)C(=O)N(Cc1ccc(N(C)C)cc1)[C@H]1CCS(=O)(=O)C1. The van der Waals surface area contributed by atoms with Crippen molar-refractivity contribution in [2.75, 3.05) is 30.5 Å². The molecule has 2 aromatic carbocycles. The van der Waals surface area contributed by atoms with E-state index in [1.54, 1.807) is 11.8 Å². The topological polar surface area (TPSA) is 66.9 Å². The molecule has 0 bridgehead atoms. The molecule has 6 nitrogen and oxygen atoms in total. The summed E-state index contributed by atoms with van der Waals surface area (Å²) in [5.74, 6) is -0.267. The molecule has 1 aliphatic heterocycles. The molecular weight excluding hydrogens is 407 g/mol. The Morgan fingerprint density at radius 2 is 1.77 bits per heavy atom. The second-order valence-corrected chi connectivity index (χ2v) is 10.0. The number of halogens is 1. The number of nitrogens with zero attached hydrogens (tertiary/aromatic N) is 2. The van der Waals surface area contributed by atoms with Crippen LogP contribution in [0.4, 0.5) is 10.1 Å². The van der Waals surface area contributed by atoms with Crippen molar-refractivity contribution in [1.29, 1.82) is 0 Å². The van der Waals surface area contributed by atoms with Crippen LogP contribution in [0, 0.1) is 5.82 Å². The number of ether oxygens (including phenoxy) is 1. The molecule has 0 radical (unpaired) electrons. The molecule has 0 spiro atoms. The maximum absolute atomic E-state index is 13.2. The predicted octanol–water partition coefficient (Wildman–Crippen LogP) is 2.87. The fraction of sp³-hybridized carbons (Fsp3) is 0.409. The summed E-state index contributed by atoms with van der Waals surface area (Å²) in [6.45, 7) is 1.92. The molecular formula is C22H27FN2O4S. The Hall–Kier alpha value is -2.61. The molecule has 0 aliphatic carbocycles. The number of benzene rings is 2. The van der Waals surface area contributed by atoms with Crippen molar-refractivity contribution in [3.05, 3.63) is 59.9 Å². The molecule has 0 N–H and O–H groups in total. The number of carbonyl (C=O) groups excluding carboxylic acids is 1. The fourth-order valence-electron chi connectivity index (χ4n) is 3.51. The van der Waals surface area contributed by atoms with E-state index in [-0.39, 0.29) is 23.2 Å². The highest BCUT2D eigenvalue weighted by atomic mass is 32.2. The Balaban J connectivity index is 1.79. The number of carbonyl (C=O) groups is 1. The van der Waals surface area contributed by atoms with E-state index in [1.807, 2.05) is 43.3 Å². The number of amides is 1. The van der Waals surface area contributed by atoms with Gasteiger partial charge in [0.25, 0.3) is 5.91 Å². The molecule has 8 heteroatoms. The Morgan fingerprint density at radius 3 is 2.30 bits per heavy atom. The lowest BCUT2D eigenvalue weighted by molar-refractivity contribution is -0.140. The maximum atomic E-state index is 13.2. The van der Waals surface area contributed by atoms with Gasteiger partial charge in [-0.15, -0.1) is 0 Å². The van der Waals surface area contributed by atoms with Gasteiger partial charge in [-0.25, -0.2) is 12.8 Å². The molecule has 2 atom stereocenters. The van der Waals surface area contributed by atoms with Crippen LogP contribution in [0.3, 0.4) is 0 Å². The predicted molar refractivity (Wildman–Crippen MR) is 115 cm³/mol. The van der Waals surface area contributed by atoms with Crippen molar-refractivity contribution < 1.29 is 22.3 Å². The van der Waals surface area contributed by atoms with Crippen molar-refractivity contribution in [2.45, 2.75) is 32.0 Å². The minimum Gasteiger partial charge on any atom is -0.481 e. The highest BCUT2D eigenvalue weighted by Gasteiger charge is 2.36. The summed E-state index contributed by atoms with van der Waals surface area (Å²) < 4.78 is 42.9. The van der Waals surface area contributed by atoms with Gasteiger partial charge in [0.1, 0.15) is 11.6 Å². The average molecular weight is 435 g/mol. The monoisotopic (exact) mass is 434 g/mol. The smallest absolute Gasteiger partial charge is 0.263 e. The summed E-state index contributed by atoms with van der Waals surface area (Å²) in [5.41, 5.74) is 1.94. The summed E-state index contributed by atoms with van der Waals surface area (Å²) in [7, 11) is 0.738. The van der Waals surface area contributed by atoms with Gasteiger partial charge in [0.15, 0.2) is 15.9 Å². The van der Waals surface area contributed by atoms with Crippen LogP contribution in [0.25, 0.3) is 0 Å². The van der Waals surface area contributed by atoms with Crippen LogP contribution in [-0.4, -0.2) is 57.0 Å². The van der Waals surface area contributed by atoms with E-state index in [0.717, 1.165) is 11.3 Å². The zero-order valence-corrected chi connectivity index (χ0v) is 18.2. The van der Waals surface area contributed by atoms with E-state index in [1.165, 1.54) is 24.3 Å². The second-order valence-electron chi connectivity index (χ2n) is 7.80. The number of rotatable bonds is 7. The van der Waals surface area contributed by atoms with Crippen LogP contribution >= 0.6 is 0 Å². The molecule has 162 valence electrons. The zero-order valence-electron chi connectivity index (χ0n) is 17.4. The molecule has 1 fully saturated rings. The Morgan fingerprint density at radius 1 is 1.13 bits per heavy atom. The zero-order chi connectivity index (χ0) is 21.9. The van der Waals surface area contributed by atoms with E-state index in [4.69, 9.17) is 4.74 Å². The van der Waals surface area contributed by atoms with Gasteiger partial charge < -0.3 is 14.5 Å². The third-order valence-corrected chi connectivity index (χ3v) is 6.96. The van der Waals surface area contributed by atoms with Crippen LogP contribution in [0.2, 0.25) is 0 Å². The van der Waals surface area contributed by atoms with Crippen molar-refractivity contribution in [3.8, 4) is 5.75 Å². The van der Waals surface area contributed by atoms with Gasteiger partial charge in [-0.05, 0) is 55.3 Å². The van der Waals surface area contributed by atoms with Crippen molar-refractivity contribution in [1.82, 2.24) is 4.90 Å². The summed E-state index contributed by atoms with van der Waals surface area (Å²) in [5, 5.41) is 0. The first-order valence-electron chi connectivity index (χ1n) is 9.84. The Bertz CT molecular complexity index is 975. The van der Waals surface area contributed by atoms with Gasteiger partial charge >= 0.3 is 0 Å². The second kappa shape index (κ2) is 9.04. The standard InChI is InChI=1S/C22H27FN2O4S/c1-16(29-21-10-6-18(23)7-11-21)22(26)25(20-12-13-30(27,28)15-20)14-17-4-8-19(9-5-17)24(2)3/h4-11,16,20H,12-15H2,1-3H3/t16-,20-/m0/s1. The molecule has 0 aromatic heterocycles. The lowest BCUT2D eigenvalue weighted by Crippen LogP contribution is -2.46. The van der Waals surface area contributed by atoms with Gasteiger partial charge in [-0.3, -0.25) is 4.79 Å². The van der Waals surface area contributed by atoms with Crippen molar-refractivity contribution >= 4 is 21.4 Å². The third-order valence-electron chi connectivity index (χ3n) is 5.21. The van der Waals surface area contributed by atoms with E-state index in [9.17, 15) is 17.6 Å². The first-order valence-corrected chi connectivity index (χ1v) is 11.7. The summed E-state index contributed by atoms with van der Waals surface area (Å²) in [4.78, 5) is 16.8. The van der Waals surface area contributed by atoms with Crippen LogP contribution in [-0.2, 0) is 21.2 Å². The molecule has 2 aromatic rings. The van der Waals surface area contributed by atoms with Gasteiger partial charge in [0.05, 0.1) is 11.5 Å². The largest absolute Gasteiger partial charge is 0.481 e. The first kappa shape index (κ1) is 22.1. The van der Waals surface area contributed by atoms with Gasteiger partial charge in [0.2, 0.25) is 0 Å². The molecule has 1 saturated heterocycles. The highest BCUT2D eigenvalue weighted by molar-refractivity contribution is 7.91. The summed E-state index contributed by atoms with van der Waals surface area (Å²) in [6.07, 6.45) is -0.424. The van der Waals surface area contributed by atoms with Crippen molar-refractivity contribution in [3.63, 3.8) is 0 Å². The number of hydrogen-bond donors (Lipinski definition) is 0. The number of anilines is 1. The summed E-state index contributed by atoms with van der Waals surface area (Å²) in [6, 6.07) is 12.8. The lowest BCUT2D eigenvalue weighted by atomic mass is 10.1. The van der Waals surface area contributed by atoms with E-state index >= 15 is 0 Å².